The van der Waals surface area contributed by atoms with Crippen LogP contribution in [0.5, 0.6) is 11.5 Å². The summed E-state index contributed by atoms with van der Waals surface area (Å²) in [5, 5.41) is 3.04. The van der Waals surface area contributed by atoms with E-state index in [4.69, 9.17) is 9.47 Å². The van der Waals surface area contributed by atoms with Gasteiger partial charge in [0.2, 0.25) is 12.7 Å². The Bertz CT molecular complexity index is 1490. The van der Waals surface area contributed by atoms with Crippen LogP contribution in [0.2, 0.25) is 0 Å². The van der Waals surface area contributed by atoms with E-state index in [2.05, 4.69) is 5.32 Å². The van der Waals surface area contributed by atoms with Gasteiger partial charge in [0, 0.05) is 11.8 Å². The Morgan fingerprint density at radius 3 is 2.52 bits per heavy atom. The molecule has 0 saturated heterocycles. The summed E-state index contributed by atoms with van der Waals surface area (Å²) >= 11 is 0. The van der Waals surface area contributed by atoms with Crippen molar-refractivity contribution >= 4 is 22.5 Å². The van der Waals surface area contributed by atoms with Gasteiger partial charge in [-0.25, -0.2) is 9.18 Å². The first-order valence-electron chi connectivity index (χ1n) is 10.2. The molecule has 0 aliphatic carbocycles. The van der Waals surface area contributed by atoms with Gasteiger partial charge < -0.3 is 14.8 Å². The number of halogens is 1. The molecule has 1 N–H and O–H groups in total. The van der Waals surface area contributed by atoms with E-state index < -0.39 is 23.0 Å². The highest BCUT2D eigenvalue weighted by Gasteiger charge is 2.17. The third-order valence-corrected chi connectivity index (χ3v) is 5.34. The Balaban J connectivity index is 1.50. The maximum atomic E-state index is 13.3. The molecular formula is C24H18FN3O5. The number of amides is 1. The number of nitrogens with one attached hydrogen (secondary N) is 1. The molecule has 1 amide bonds. The molecule has 0 spiro atoms. The van der Waals surface area contributed by atoms with Gasteiger partial charge in [0.25, 0.3) is 5.56 Å². The number of hydrogen-bond donors (Lipinski definition) is 1. The minimum Gasteiger partial charge on any atom is -0.454 e. The summed E-state index contributed by atoms with van der Waals surface area (Å²) in [7, 11) is 0. The number of ether oxygens (including phenoxy) is 2. The van der Waals surface area contributed by atoms with Gasteiger partial charge in [0.1, 0.15) is 12.4 Å². The number of fused-ring (bicyclic) bond motifs is 2. The molecule has 0 unspecified atom stereocenters. The molecule has 4 aromatic rings. The highest BCUT2D eigenvalue weighted by atomic mass is 19.1. The number of carbonyl (C=O) groups excluding carboxylic acids is 1. The van der Waals surface area contributed by atoms with Crippen LogP contribution in [-0.4, -0.2) is 21.8 Å². The molecule has 0 saturated carbocycles. The molecule has 0 atom stereocenters. The van der Waals surface area contributed by atoms with Gasteiger partial charge in [-0.05, 0) is 42.0 Å². The van der Waals surface area contributed by atoms with Crippen molar-refractivity contribution in [2.24, 2.45) is 0 Å². The van der Waals surface area contributed by atoms with Gasteiger partial charge in [-0.3, -0.25) is 18.7 Å². The lowest BCUT2D eigenvalue weighted by Gasteiger charge is -2.14. The summed E-state index contributed by atoms with van der Waals surface area (Å²) in [5.41, 5.74) is 0.309. The first-order chi connectivity index (χ1) is 16.0. The van der Waals surface area contributed by atoms with E-state index in [1.165, 1.54) is 28.8 Å². The SMILES string of the molecule is O=C(Cn1c(=O)n(Cc2ccc(F)cc2)c(=O)c2ccccc21)Nc1ccc2c(c1)OCO2. The van der Waals surface area contributed by atoms with Gasteiger partial charge in [0.05, 0.1) is 17.4 Å². The number of para-hydroxylation sites is 1. The number of benzene rings is 3. The molecule has 1 aliphatic heterocycles. The Labute approximate surface area is 186 Å². The number of aromatic nitrogens is 2. The normalized spacial score (nSPS) is 12.2. The zero-order valence-electron chi connectivity index (χ0n) is 17.3. The molecule has 2 heterocycles. The van der Waals surface area contributed by atoms with Crippen LogP contribution < -0.4 is 26.0 Å². The Morgan fingerprint density at radius 1 is 0.939 bits per heavy atom. The largest absolute Gasteiger partial charge is 0.454 e. The van der Waals surface area contributed by atoms with Crippen LogP contribution in [0.15, 0.2) is 76.3 Å². The van der Waals surface area contributed by atoms with E-state index in [0.29, 0.717) is 33.7 Å². The van der Waals surface area contributed by atoms with Crippen LogP contribution in [0.3, 0.4) is 0 Å². The van der Waals surface area contributed by atoms with E-state index >= 15 is 0 Å². The number of rotatable bonds is 5. The van der Waals surface area contributed by atoms with E-state index in [9.17, 15) is 18.8 Å². The van der Waals surface area contributed by atoms with Gasteiger partial charge in [-0.1, -0.05) is 24.3 Å². The zero-order valence-corrected chi connectivity index (χ0v) is 17.3. The summed E-state index contributed by atoms with van der Waals surface area (Å²) in [5.74, 6) is 0.238. The van der Waals surface area contributed by atoms with E-state index in [0.717, 1.165) is 4.57 Å². The van der Waals surface area contributed by atoms with Crippen molar-refractivity contribution < 1.29 is 18.7 Å². The fraction of sp³-hybridized carbons (Fsp3) is 0.125. The topological polar surface area (TPSA) is 91.6 Å². The Kier molecular flexibility index (Phi) is 5.14. The van der Waals surface area contributed by atoms with E-state index in [1.807, 2.05) is 0 Å². The van der Waals surface area contributed by atoms with Crippen molar-refractivity contribution in [3.63, 3.8) is 0 Å². The molecule has 9 heteroatoms. The minimum atomic E-state index is -0.635. The fourth-order valence-corrected chi connectivity index (χ4v) is 3.75. The van der Waals surface area contributed by atoms with Crippen LogP contribution in [0.25, 0.3) is 10.9 Å². The van der Waals surface area contributed by atoms with Crippen LogP contribution in [0.4, 0.5) is 10.1 Å². The maximum Gasteiger partial charge on any atom is 0.332 e. The monoisotopic (exact) mass is 447 g/mol. The molecule has 0 bridgehead atoms. The van der Waals surface area contributed by atoms with E-state index in [1.54, 1.807) is 42.5 Å². The predicted molar refractivity (Wildman–Crippen MR) is 119 cm³/mol. The Hall–Kier alpha value is -4.40. The van der Waals surface area contributed by atoms with Crippen LogP contribution in [0.1, 0.15) is 5.56 Å². The molecule has 5 rings (SSSR count). The van der Waals surface area contributed by atoms with Gasteiger partial charge in [-0.2, -0.15) is 0 Å². The highest BCUT2D eigenvalue weighted by molar-refractivity contribution is 5.92. The Morgan fingerprint density at radius 2 is 1.70 bits per heavy atom. The summed E-state index contributed by atoms with van der Waals surface area (Å²) < 4.78 is 26.1. The average molecular weight is 447 g/mol. The van der Waals surface area contributed by atoms with Crippen LogP contribution in [-0.2, 0) is 17.9 Å². The first-order valence-corrected chi connectivity index (χ1v) is 10.2. The maximum absolute atomic E-state index is 13.3. The van der Waals surface area contributed by atoms with Crippen molar-refractivity contribution in [3.8, 4) is 11.5 Å². The van der Waals surface area contributed by atoms with Gasteiger partial charge >= 0.3 is 5.69 Å². The zero-order chi connectivity index (χ0) is 22.9. The van der Waals surface area contributed by atoms with Gasteiger partial charge in [-0.15, -0.1) is 0 Å². The second-order valence-corrected chi connectivity index (χ2v) is 7.52. The second-order valence-electron chi connectivity index (χ2n) is 7.52. The van der Waals surface area contributed by atoms with Crippen molar-refractivity contribution in [2.45, 2.75) is 13.1 Å². The third-order valence-electron chi connectivity index (χ3n) is 5.34. The molecule has 1 aliphatic rings. The lowest BCUT2D eigenvalue weighted by molar-refractivity contribution is -0.116. The smallest absolute Gasteiger partial charge is 0.332 e. The number of nitrogens with zero attached hydrogens (tertiary/aromatic N) is 2. The van der Waals surface area contributed by atoms with Crippen molar-refractivity contribution in [1.29, 1.82) is 0 Å². The summed E-state index contributed by atoms with van der Waals surface area (Å²) in [4.78, 5) is 39.1. The summed E-state index contributed by atoms with van der Waals surface area (Å²) in [6, 6.07) is 17.1. The molecule has 3 aromatic carbocycles. The molecule has 0 fully saturated rings. The molecule has 166 valence electrons. The standard InChI is InChI=1S/C24H18FN3O5/c25-16-7-5-15(6-8-16)12-28-23(30)18-3-1-2-4-19(18)27(24(28)31)13-22(29)26-17-9-10-20-21(11-17)33-14-32-20/h1-11H,12-14H2,(H,26,29). The lowest BCUT2D eigenvalue weighted by Crippen LogP contribution is -2.42. The summed E-state index contributed by atoms with van der Waals surface area (Å²) in [6.45, 7) is -0.242. The van der Waals surface area contributed by atoms with Crippen LogP contribution in [0, 0.1) is 5.82 Å². The predicted octanol–water partition coefficient (Wildman–Crippen LogP) is 2.72. The number of anilines is 1. The second kappa shape index (κ2) is 8.27. The highest BCUT2D eigenvalue weighted by Crippen LogP contribution is 2.34. The first kappa shape index (κ1) is 20.5. The quantitative estimate of drug-likeness (QED) is 0.508. The van der Waals surface area contributed by atoms with Crippen molar-refractivity contribution in [2.75, 3.05) is 12.1 Å². The molecule has 0 radical (unpaired) electrons. The van der Waals surface area contributed by atoms with Gasteiger partial charge in [0.15, 0.2) is 11.5 Å². The average Bonchev–Trinajstić information content (AvgIpc) is 3.29. The molecule has 33 heavy (non-hydrogen) atoms. The minimum absolute atomic E-state index is 0.0490. The van der Waals surface area contributed by atoms with Crippen LogP contribution >= 0.6 is 0 Å². The number of hydrogen-bond acceptors (Lipinski definition) is 5. The molecule has 8 nitrogen and oxygen atoms in total. The lowest BCUT2D eigenvalue weighted by atomic mass is 10.2. The molecular weight excluding hydrogens is 429 g/mol. The fourth-order valence-electron chi connectivity index (χ4n) is 3.75. The van der Waals surface area contributed by atoms with E-state index in [-0.39, 0.29) is 19.9 Å². The number of carbonyl (C=O) groups is 1. The summed E-state index contributed by atoms with van der Waals surface area (Å²) in [6.07, 6.45) is 0. The molecule has 1 aromatic heterocycles. The third kappa shape index (κ3) is 3.96. The van der Waals surface area contributed by atoms with Crippen molar-refractivity contribution in [3.05, 3.63) is 98.9 Å². The van der Waals surface area contributed by atoms with Crippen molar-refractivity contribution in [1.82, 2.24) is 9.13 Å².